The Labute approximate surface area is 104 Å². The lowest BCUT2D eigenvalue weighted by atomic mass is 9.91. The summed E-state index contributed by atoms with van der Waals surface area (Å²) in [6.45, 7) is 10.2. The van der Waals surface area contributed by atoms with Crippen molar-refractivity contribution in [2.24, 2.45) is 11.8 Å². The van der Waals surface area contributed by atoms with Gasteiger partial charge in [0.25, 0.3) is 0 Å². The Morgan fingerprint density at radius 1 is 1.12 bits per heavy atom. The van der Waals surface area contributed by atoms with E-state index >= 15 is 0 Å². The predicted octanol–water partition coefficient (Wildman–Crippen LogP) is 3.33. The number of carbonyl (C=O) groups is 1. The number of hydrogen-bond donors (Lipinski definition) is 1. The molecule has 0 aliphatic rings. The van der Waals surface area contributed by atoms with Gasteiger partial charge in [-0.3, -0.25) is 4.79 Å². The Morgan fingerprint density at radius 2 is 1.65 bits per heavy atom. The van der Waals surface area contributed by atoms with E-state index in [1.165, 1.54) is 0 Å². The molecule has 1 aromatic carbocycles. The van der Waals surface area contributed by atoms with Gasteiger partial charge in [-0.15, -0.1) is 0 Å². The first-order valence-electron chi connectivity index (χ1n) is 6.22. The van der Waals surface area contributed by atoms with Crippen molar-refractivity contribution in [3.05, 3.63) is 35.9 Å². The van der Waals surface area contributed by atoms with Gasteiger partial charge in [-0.25, -0.2) is 0 Å². The number of rotatable bonds is 4. The minimum atomic E-state index is -0.318. The predicted molar refractivity (Wildman–Crippen MR) is 71.6 cm³/mol. The molecule has 1 amide bonds. The van der Waals surface area contributed by atoms with E-state index in [4.69, 9.17) is 0 Å². The third-order valence-electron chi connectivity index (χ3n) is 3.34. The van der Waals surface area contributed by atoms with Crippen molar-refractivity contribution in [1.82, 2.24) is 5.32 Å². The maximum Gasteiger partial charge on any atom is 0.223 e. The average molecular weight is 233 g/mol. The van der Waals surface area contributed by atoms with Crippen molar-refractivity contribution < 1.29 is 4.79 Å². The molecule has 0 heterocycles. The van der Waals surface area contributed by atoms with E-state index in [9.17, 15) is 4.79 Å². The Kier molecular flexibility index (Phi) is 4.33. The maximum absolute atomic E-state index is 12.1. The molecule has 1 N–H and O–H groups in total. The van der Waals surface area contributed by atoms with Gasteiger partial charge in [-0.1, -0.05) is 51.1 Å². The zero-order valence-corrected chi connectivity index (χ0v) is 11.4. The molecule has 94 valence electrons. The summed E-state index contributed by atoms with van der Waals surface area (Å²) in [6, 6.07) is 10.1. The fourth-order valence-electron chi connectivity index (χ4n) is 1.65. The van der Waals surface area contributed by atoms with Crippen LogP contribution in [0.5, 0.6) is 0 Å². The summed E-state index contributed by atoms with van der Waals surface area (Å²) in [6.07, 6.45) is 0. The normalized spacial score (nSPS) is 13.5. The summed E-state index contributed by atoms with van der Waals surface area (Å²) < 4.78 is 0. The molecular formula is C15H23NO. The average Bonchev–Trinajstić information content (AvgIpc) is 2.28. The summed E-state index contributed by atoms with van der Waals surface area (Å²) in [4.78, 5) is 12.1. The molecule has 1 unspecified atom stereocenters. The number of carbonyl (C=O) groups excluding carboxylic acids is 1. The molecule has 0 aliphatic heterocycles. The maximum atomic E-state index is 12.1. The molecule has 0 radical (unpaired) electrons. The first-order chi connectivity index (χ1) is 7.84. The first-order valence-corrected chi connectivity index (χ1v) is 6.22. The van der Waals surface area contributed by atoms with Gasteiger partial charge >= 0.3 is 0 Å². The van der Waals surface area contributed by atoms with Crippen LogP contribution < -0.4 is 5.32 Å². The highest BCUT2D eigenvalue weighted by atomic mass is 16.2. The van der Waals surface area contributed by atoms with Gasteiger partial charge in [0.1, 0.15) is 0 Å². The molecule has 0 saturated heterocycles. The number of amides is 1. The highest BCUT2D eigenvalue weighted by Crippen LogP contribution is 2.21. The molecule has 0 aliphatic carbocycles. The second-order valence-corrected chi connectivity index (χ2v) is 5.51. The van der Waals surface area contributed by atoms with Crippen molar-refractivity contribution in [2.75, 3.05) is 0 Å². The van der Waals surface area contributed by atoms with E-state index in [0.717, 1.165) is 5.56 Å². The number of nitrogens with one attached hydrogen (secondary N) is 1. The third kappa shape index (κ3) is 3.58. The molecule has 2 nitrogen and oxygen atoms in total. The molecule has 0 fully saturated rings. The van der Waals surface area contributed by atoms with Crippen molar-refractivity contribution in [3.63, 3.8) is 0 Å². The molecule has 0 aromatic heterocycles. The molecule has 1 rings (SSSR count). The molecule has 1 atom stereocenters. The fraction of sp³-hybridized carbons (Fsp3) is 0.533. The van der Waals surface area contributed by atoms with E-state index in [1.54, 1.807) is 0 Å². The number of benzene rings is 1. The second kappa shape index (κ2) is 5.35. The standard InChI is InChI=1S/C15H23NO/c1-11(2)12(3)14(17)16-15(4,5)13-9-7-6-8-10-13/h6-12H,1-5H3,(H,16,17). The third-order valence-corrected chi connectivity index (χ3v) is 3.34. The topological polar surface area (TPSA) is 29.1 Å². The van der Waals surface area contributed by atoms with Crippen molar-refractivity contribution >= 4 is 5.91 Å². The van der Waals surface area contributed by atoms with Gasteiger partial charge in [-0.2, -0.15) is 0 Å². The van der Waals surface area contributed by atoms with Crippen LogP contribution in [-0.4, -0.2) is 5.91 Å². The van der Waals surface area contributed by atoms with Crippen molar-refractivity contribution in [2.45, 2.75) is 40.2 Å². The van der Waals surface area contributed by atoms with Crippen LogP contribution in [0.15, 0.2) is 30.3 Å². The summed E-state index contributed by atoms with van der Waals surface area (Å²) in [5.74, 6) is 0.522. The highest BCUT2D eigenvalue weighted by molar-refractivity contribution is 5.79. The summed E-state index contributed by atoms with van der Waals surface area (Å²) in [5.41, 5.74) is 0.811. The molecule has 0 spiro atoms. The zero-order chi connectivity index (χ0) is 13.1. The minimum Gasteiger partial charge on any atom is -0.347 e. The lowest BCUT2D eigenvalue weighted by molar-refractivity contribution is -0.127. The van der Waals surface area contributed by atoms with Gasteiger partial charge in [0.05, 0.1) is 5.54 Å². The van der Waals surface area contributed by atoms with Crippen LogP contribution in [0.1, 0.15) is 40.2 Å². The van der Waals surface area contributed by atoms with Crippen LogP contribution in [0.4, 0.5) is 0 Å². The highest BCUT2D eigenvalue weighted by Gasteiger charge is 2.26. The van der Waals surface area contributed by atoms with E-state index in [0.29, 0.717) is 5.92 Å². The zero-order valence-electron chi connectivity index (χ0n) is 11.4. The van der Waals surface area contributed by atoms with E-state index in [-0.39, 0.29) is 17.4 Å². The van der Waals surface area contributed by atoms with Gasteiger partial charge in [0.15, 0.2) is 0 Å². The lowest BCUT2D eigenvalue weighted by Gasteiger charge is -2.29. The van der Waals surface area contributed by atoms with Crippen LogP contribution >= 0.6 is 0 Å². The van der Waals surface area contributed by atoms with Gasteiger partial charge in [-0.05, 0) is 25.3 Å². The van der Waals surface area contributed by atoms with E-state index in [2.05, 4.69) is 19.2 Å². The van der Waals surface area contributed by atoms with E-state index in [1.807, 2.05) is 51.1 Å². The fourth-order valence-corrected chi connectivity index (χ4v) is 1.65. The van der Waals surface area contributed by atoms with Gasteiger partial charge in [0, 0.05) is 5.92 Å². The van der Waals surface area contributed by atoms with E-state index < -0.39 is 0 Å². The summed E-state index contributed by atoms with van der Waals surface area (Å²) in [5, 5.41) is 3.11. The monoisotopic (exact) mass is 233 g/mol. The largest absolute Gasteiger partial charge is 0.347 e. The molecular weight excluding hydrogens is 210 g/mol. The van der Waals surface area contributed by atoms with Gasteiger partial charge < -0.3 is 5.32 Å². The van der Waals surface area contributed by atoms with Crippen LogP contribution in [0.25, 0.3) is 0 Å². The Hall–Kier alpha value is -1.31. The van der Waals surface area contributed by atoms with Crippen LogP contribution in [0, 0.1) is 11.8 Å². The second-order valence-electron chi connectivity index (χ2n) is 5.51. The molecule has 1 aromatic rings. The first kappa shape index (κ1) is 13.8. The quantitative estimate of drug-likeness (QED) is 0.849. The Balaban J connectivity index is 2.77. The lowest BCUT2D eigenvalue weighted by Crippen LogP contribution is -2.44. The van der Waals surface area contributed by atoms with Crippen LogP contribution in [0.3, 0.4) is 0 Å². The Morgan fingerprint density at radius 3 is 2.12 bits per heavy atom. The van der Waals surface area contributed by atoms with Crippen LogP contribution in [-0.2, 0) is 10.3 Å². The molecule has 17 heavy (non-hydrogen) atoms. The minimum absolute atomic E-state index is 0.0398. The Bertz CT molecular complexity index is 368. The van der Waals surface area contributed by atoms with Crippen LogP contribution in [0.2, 0.25) is 0 Å². The van der Waals surface area contributed by atoms with Crippen molar-refractivity contribution in [3.8, 4) is 0 Å². The van der Waals surface area contributed by atoms with Gasteiger partial charge in [0.2, 0.25) is 5.91 Å². The smallest absolute Gasteiger partial charge is 0.223 e. The molecule has 0 bridgehead atoms. The molecule has 2 heteroatoms. The SMILES string of the molecule is CC(C)C(C)C(=O)NC(C)(C)c1ccccc1. The summed E-state index contributed by atoms with van der Waals surface area (Å²) in [7, 11) is 0. The summed E-state index contributed by atoms with van der Waals surface area (Å²) >= 11 is 0. The number of hydrogen-bond acceptors (Lipinski definition) is 1. The van der Waals surface area contributed by atoms with Crippen molar-refractivity contribution in [1.29, 1.82) is 0 Å². The molecule has 0 saturated carbocycles.